The number of fused-ring (bicyclic) bond motifs is 4. The highest BCUT2D eigenvalue weighted by Crippen LogP contribution is 2.48. The summed E-state index contributed by atoms with van der Waals surface area (Å²) in [5, 5.41) is 3.01. The third kappa shape index (κ3) is 3.77. The molecule has 2 aromatic carbocycles. The van der Waals surface area contributed by atoms with Crippen LogP contribution in [0.3, 0.4) is 0 Å². The van der Waals surface area contributed by atoms with E-state index >= 15 is 0 Å². The first kappa shape index (κ1) is 21.9. The molecule has 2 aliphatic heterocycles. The summed E-state index contributed by atoms with van der Waals surface area (Å²) in [6, 6.07) is 14.5. The van der Waals surface area contributed by atoms with Gasteiger partial charge in [0.1, 0.15) is 0 Å². The molecule has 0 radical (unpaired) electrons. The van der Waals surface area contributed by atoms with E-state index in [1.807, 2.05) is 49.1 Å². The molecule has 0 aliphatic carbocycles. The molecule has 0 saturated carbocycles. The normalized spacial score (nSPS) is 18.4. The Morgan fingerprint density at radius 3 is 2.56 bits per heavy atom. The van der Waals surface area contributed by atoms with Crippen LogP contribution < -0.4 is 14.8 Å². The molecule has 3 heterocycles. The van der Waals surface area contributed by atoms with Gasteiger partial charge in [-0.2, -0.15) is 0 Å². The summed E-state index contributed by atoms with van der Waals surface area (Å²) in [5.41, 5.74) is 3.91. The molecule has 34 heavy (non-hydrogen) atoms. The lowest BCUT2D eigenvalue weighted by molar-refractivity contribution is -0.119. The first-order valence-electron chi connectivity index (χ1n) is 11.7. The fourth-order valence-electron chi connectivity index (χ4n) is 5.01. The summed E-state index contributed by atoms with van der Waals surface area (Å²) in [4.78, 5) is 33.2. The van der Waals surface area contributed by atoms with Crippen molar-refractivity contribution in [3.8, 4) is 11.5 Å². The third-order valence-electron chi connectivity index (χ3n) is 6.40. The summed E-state index contributed by atoms with van der Waals surface area (Å²) < 4.78 is 11.7. The minimum absolute atomic E-state index is 0.0523. The van der Waals surface area contributed by atoms with Gasteiger partial charge in [-0.1, -0.05) is 18.2 Å². The van der Waals surface area contributed by atoms with Gasteiger partial charge in [0.05, 0.1) is 37.1 Å². The number of nitrogens with zero attached hydrogens (tertiary/aromatic N) is 2. The highest BCUT2D eigenvalue weighted by atomic mass is 16.5. The van der Waals surface area contributed by atoms with Crippen molar-refractivity contribution in [1.82, 2.24) is 9.88 Å². The number of rotatable bonds is 6. The van der Waals surface area contributed by atoms with Crippen molar-refractivity contribution in [2.45, 2.75) is 32.2 Å². The molecule has 2 amide bonds. The maximum atomic E-state index is 13.7. The van der Waals surface area contributed by atoms with Crippen LogP contribution in [-0.4, -0.2) is 41.5 Å². The van der Waals surface area contributed by atoms with Gasteiger partial charge < -0.3 is 19.7 Å². The van der Waals surface area contributed by atoms with Gasteiger partial charge in [-0.25, -0.2) is 0 Å². The summed E-state index contributed by atoms with van der Waals surface area (Å²) in [6.07, 6.45) is 3.96. The Balaban J connectivity index is 1.65. The van der Waals surface area contributed by atoms with Crippen LogP contribution in [0.2, 0.25) is 0 Å². The number of benzene rings is 2. The van der Waals surface area contributed by atoms with Gasteiger partial charge in [0, 0.05) is 18.3 Å². The predicted molar refractivity (Wildman–Crippen MR) is 128 cm³/mol. The van der Waals surface area contributed by atoms with Crippen LogP contribution >= 0.6 is 0 Å². The van der Waals surface area contributed by atoms with E-state index in [2.05, 4.69) is 10.3 Å². The van der Waals surface area contributed by atoms with Crippen molar-refractivity contribution >= 4 is 17.5 Å². The summed E-state index contributed by atoms with van der Waals surface area (Å²) >= 11 is 0. The quantitative estimate of drug-likeness (QED) is 0.595. The highest BCUT2D eigenvalue weighted by Gasteiger charge is 2.46. The van der Waals surface area contributed by atoms with E-state index in [4.69, 9.17) is 9.47 Å². The fourth-order valence-corrected chi connectivity index (χ4v) is 5.01. The van der Waals surface area contributed by atoms with Crippen molar-refractivity contribution in [3.05, 3.63) is 83.2 Å². The van der Waals surface area contributed by atoms with Crippen LogP contribution in [0.5, 0.6) is 11.5 Å². The smallest absolute Gasteiger partial charge is 0.254 e. The second kappa shape index (κ2) is 9.17. The van der Waals surface area contributed by atoms with Crippen LogP contribution in [0.15, 0.2) is 60.9 Å². The Hall–Kier alpha value is -3.87. The monoisotopic (exact) mass is 457 g/mol. The molecule has 7 heteroatoms. The van der Waals surface area contributed by atoms with Gasteiger partial charge in [0.2, 0.25) is 5.91 Å². The average Bonchev–Trinajstić information content (AvgIpc) is 2.85. The first-order chi connectivity index (χ1) is 16.6. The summed E-state index contributed by atoms with van der Waals surface area (Å²) in [6.45, 7) is 5.40. The van der Waals surface area contributed by atoms with Crippen molar-refractivity contribution in [3.63, 3.8) is 0 Å². The minimum Gasteiger partial charge on any atom is -0.490 e. The molecule has 7 nitrogen and oxygen atoms in total. The minimum atomic E-state index is -0.583. The number of pyridine rings is 1. The Bertz CT molecular complexity index is 1230. The van der Waals surface area contributed by atoms with Gasteiger partial charge in [-0.05, 0) is 67.3 Å². The number of nitrogens with one attached hydrogen (secondary N) is 1. The number of amides is 2. The van der Waals surface area contributed by atoms with Gasteiger partial charge >= 0.3 is 0 Å². The first-order valence-corrected chi connectivity index (χ1v) is 11.7. The second-order valence-corrected chi connectivity index (χ2v) is 8.35. The van der Waals surface area contributed by atoms with Crippen LogP contribution in [0.25, 0.3) is 0 Å². The molecule has 0 spiro atoms. The molecule has 0 fully saturated rings. The molecule has 2 atom stereocenters. The summed E-state index contributed by atoms with van der Waals surface area (Å²) in [7, 11) is 0. The van der Waals surface area contributed by atoms with E-state index in [9.17, 15) is 9.59 Å². The average molecular weight is 458 g/mol. The van der Waals surface area contributed by atoms with Crippen molar-refractivity contribution < 1.29 is 19.1 Å². The lowest BCUT2D eigenvalue weighted by atomic mass is 9.75. The predicted octanol–water partition coefficient (Wildman–Crippen LogP) is 4.35. The van der Waals surface area contributed by atoms with Crippen molar-refractivity contribution in [2.75, 3.05) is 25.1 Å². The highest BCUT2D eigenvalue weighted by molar-refractivity contribution is 6.04. The Labute approximate surface area is 198 Å². The zero-order valence-corrected chi connectivity index (χ0v) is 19.3. The van der Waals surface area contributed by atoms with E-state index in [0.29, 0.717) is 48.9 Å². The molecule has 1 N–H and O–H groups in total. The number of ether oxygens (including phenoxy) is 2. The van der Waals surface area contributed by atoms with E-state index in [-0.39, 0.29) is 11.8 Å². The third-order valence-corrected chi connectivity index (χ3v) is 6.40. The van der Waals surface area contributed by atoms with Crippen molar-refractivity contribution in [1.29, 1.82) is 0 Å². The zero-order valence-electron chi connectivity index (χ0n) is 19.3. The van der Waals surface area contributed by atoms with Crippen LogP contribution in [0.4, 0.5) is 5.69 Å². The number of aromatic nitrogens is 1. The van der Waals surface area contributed by atoms with Crippen molar-refractivity contribution in [2.24, 2.45) is 0 Å². The Morgan fingerprint density at radius 1 is 1.06 bits per heavy atom. The van der Waals surface area contributed by atoms with E-state index in [0.717, 1.165) is 16.7 Å². The lowest BCUT2D eigenvalue weighted by Gasteiger charge is -2.45. The van der Waals surface area contributed by atoms with E-state index in [1.165, 1.54) is 0 Å². The van der Waals surface area contributed by atoms with E-state index < -0.39 is 12.0 Å². The molecule has 3 aromatic rings. The molecule has 2 aliphatic rings. The zero-order chi connectivity index (χ0) is 23.7. The van der Waals surface area contributed by atoms with E-state index in [1.54, 1.807) is 30.6 Å². The molecule has 0 bridgehead atoms. The maximum Gasteiger partial charge on any atom is 0.254 e. The molecule has 1 aromatic heterocycles. The number of carbonyl (C=O) groups is 2. The lowest BCUT2D eigenvalue weighted by Crippen LogP contribution is -2.49. The van der Waals surface area contributed by atoms with Gasteiger partial charge in [0.15, 0.2) is 11.5 Å². The number of anilines is 1. The number of carbonyl (C=O) groups excluding carboxylic acids is 2. The largest absolute Gasteiger partial charge is 0.490 e. The standard InChI is InChI=1S/C27H27N3O4/c1-3-33-22-14-17-11-13-30-25(21(17)15-23(22)34-4-2)24(19-9-5-6-10-20(19)27(30)32)26(31)29-18-8-7-12-28-16-18/h5-10,12,14-16,24-25H,3-4,11,13H2,1-2H3,(H,29,31). The molecule has 2 unspecified atom stereocenters. The molecular formula is C27H27N3O4. The van der Waals surface area contributed by atoms with Crippen LogP contribution in [-0.2, 0) is 11.2 Å². The Morgan fingerprint density at radius 2 is 1.82 bits per heavy atom. The molecule has 0 saturated heterocycles. The topological polar surface area (TPSA) is 80.8 Å². The number of hydrogen-bond acceptors (Lipinski definition) is 5. The fraction of sp³-hybridized carbons (Fsp3) is 0.296. The number of hydrogen-bond donors (Lipinski definition) is 1. The maximum absolute atomic E-state index is 13.7. The molecular weight excluding hydrogens is 430 g/mol. The van der Waals surface area contributed by atoms with Crippen LogP contribution in [0, 0.1) is 0 Å². The molecule has 174 valence electrons. The van der Waals surface area contributed by atoms with Gasteiger partial charge in [-0.15, -0.1) is 0 Å². The van der Waals surface area contributed by atoms with Gasteiger partial charge in [0.25, 0.3) is 5.91 Å². The Kier molecular flexibility index (Phi) is 5.92. The van der Waals surface area contributed by atoms with Crippen LogP contribution in [0.1, 0.15) is 52.9 Å². The molecule has 5 rings (SSSR count). The second-order valence-electron chi connectivity index (χ2n) is 8.35. The SMILES string of the molecule is CCOc1cc2c(cc1OCC)C1C(C(=O)Nc3cccnc3)c3ccccc3C(=O)N1CC2. The van der Waals surface area contributed by atoms with Gasteiger partial charge in [-0.3, -0.25) is 14.6 Å². The summed E-state index contributed by atoms with van der Waals surface area (Å²) in [5.74, 6) is 0.505.